The monoisotopic (exact) mass is 681 g/mol. The number of para-hydroxylation sites is 3. The Kier molecular flexibility index (Phi) is 6.37. The molecule has 0 atom stereocenters. The van der Waals surface area contributed by atoms with Crippen LogP contribution in [0.2, 0.25) is 0 Å². The Hall–Kier alpha value is -6.42. The van der Waals surface area contributed by atoms with E-state index in [1.165, 1.54) is 64.7 Å². The van der Waals surface area contributed by atoms with Gasteiger partial charge in [0.15, 0.2) is 0 Å². The Balaban J connectivity index is 1.08. The van der Waals surface area contributed by atoms with Gasteiger partial charge in [0, 0.05) is 48.4 Å². The number of fused-ring (bicyclic) bond motifs is 12. The van der Waals surface area contributed by atoms with Crippen molar-refractivity contribution in [2.45, 2.75) is 5.41 Å². The van der Waals surface area contributed by atoms with Crippen molar-refractivity contribution in [1.29, 1.82) is 0 Å². The van der Waals surface area contributed by atoms with Gasteiger partial charge in [-0.3, -0.25) is 0 Å². The second kappa shape index (κ2) is 11.3. The minimum atomic E-state index is -0.465. The maximum atomic E-state index is 6.53. The van der Waals surface area contributed by atoms with Crippen molar-refractivity contribution >= 4 is 48.6 Å². The minimum absolute atomic E-state index is 0.465. The summed E-state index contributed by atoms with van der Waals surface area (Å²) in [5.74, 6) is 1.82. The third-order valence-electron chi connectivity index (χ3n) is 10.9. The highest BCUT2D eigenvalue weighted by molar-refractivity contribution is 7.25. The molecule has 2 heterocycles. The van der Waals surface area contributed by atoms with Gasteiger partial charge >= 0.3 is 0 Å². The standard InChI is InChI=1S/C49H31NOS/c1-2-14-34(15-3-1)50(36-26-27-39-38-18-5-11-24-47(38)52-48(39)31-36)35-16-12-13-32(29-35)33-25-28-42-40(30-33)37-17-4-6-19-41(37)49(42)43-20-7-9-22-45(43)51-46-23-10-8-21-44(46)49/h1-31H. The molecular formula is C49H31NOS. The van der Waals surface area contributed by atoms with Crippen LogP contribution in [-0.2, 0) is 5.41 Å². The Bertz CT molecular complexity index is 2810. The van der Waals surface area contributed by atoms with Crippen molar-refractivity contribution in [3.63, 3.8) is 0 Å². The highest BCUT2D eigenvalue weighted by Gasteiger charge is 2.50. The molecule has 1 aliphatic heterocycles. The third kappa shape index (κ3) is 4.17. The Morgan fingerprint density at radius 2 is 1.00 bits per heavy atom. The Morgan fingerprint density at radius 1 is 0.385 bits per heavy atom. The van der Waals surface area contributed by atoms with E-state index in [0.717, 1.165) is 28.6 Å². The molecule has 0 N–H and O–H groups in total. The van der Waals surface area contributed by atoms with E-state index in [1.54, 1.807) is 0 Å². The zero-order chi connectivity index (χ0) is 34.2. The van der Waals surface area contributed by atoms with E-state index >= 15 is 0 Å². The van der Waals surface area contributed by atoms with E-state index in [9.17, 15) is 0 Å². The van der Waals surface area contributed by atoms with Crippen LogP contribution in [0.25, 0.3) is 42.4 Å². The zero-order valence-corrected chi connectivity index (χ0v) is 29.0. The lowest BCUT2D eigenvalue weighted by Crippen LogP contribution is -2.32. The maximum Gasteiger partial charge on any atom is 0.132 e. The summed E-state index contributed by atoms with van der Waals surface area (Å²) in [6.45, 7) is 0. The number of benzene rings is 8. The molecule has 0 saturated carbocycles. The van der Waals surface area contributed by atoms with Crippen LogP contribution >= 0.6 is 11.3 Å². The Morgan fingerprint density at radius 3 is 1.83 bits per heavy atom. The number of rotatable bonds is 4. The lowest BCUT2D eigenvalue weighted by molar-refractivity contribution is 0.436. The Labute approximate surface area is 306 Å². The molecule has 0 bridgehead atoms. The predicted molar refractivity (Wildman–Crippen MR) is 217 cm³/mol. The number of hydrogen-bond donors (Lipinski definition) is 0. The topological polar surface area (TPSA) is 12.5 Å². The molecule has 52 heavy (non-hydrogen) atoms. The summed E-state index contributed by atoms with van der Waals surface area (Å²) >= 11 is 1.86. The number of nitrogens with zero attached hydrogens (tertiary/aromatic N) is 1. The first-order valence-corrected chi connectivity index (χ1v) is 18.6. The molecule has 0 amide bonds. The second-order valence-electron chi connectivity index (χ2n) is 13.7. The summed E-state index contributed by atoms with van der Waals surface area (Å²) < 4.78 is 9.14. The van der Waals surface area contributed by atoms with Crippen LogP contribution in [0.4, 0.5) is 17.1 Å². The van der Waals surface area contributed by atoms with Crippen molar-refractivity contribution in [3.8, 4) is 33.8 Å². The predicted octanol–water partition coefficient (Wildman–Crippen LogP) is 13.7. The molecule has 9 aromatic rings. The van der Waals surface area contributed by atoms with Crippen LogP contribution < -0.4 is 9.64 Å². The molecule has 2 aliphatic rings. The highest BCUT2D eigenvalue weighted by Crippen LogP contribution is 2.62. The van der Waals surface area contributed by atoms with E-state index in [-0.39, 0.29) is 0 Å². The number of thiophene rings is 1. The van der Waals surface area contributed by atoms with Crippen molar-refractivity contribution in [2.24, 2.45) is 0 Å². The second-order valence-corrected chi connectivity index (χ2v) is 14.7. The van der Waals surface area contributed by atoms with Crippen LogP contribution in [0, 0.1) is 0 Å². The average Bonchev–Trinajstić information content (AvgIpc) is 3.72. The smallest absolute Gasteiger partial charge is 0.132 e. The normalized spacial score (nSPS) is 13.3. The first-order chi connectivity index (χ1) is 25.8. The fourth-order valence-electron chi connectivity index (χ4n) is 8.74. The van der Waals surface area contributed by atoms with Crippen molar-refractivity contribution in [1.82, 2.24) is 0 Å². The first kappa shape index (κ1) is 29.3. The fraction of sp³-hybridized carbons (Fsp3) is 0.0204. The van der Waals surface area contributed by atoms with Crippen molar-refractivity contribution in [3.05, 3.63) is 210 Å². The number of hydrogen-bond acceptors (Lipinski definition) is 3. The molecule has 2 nitrogen and oxygen atoms in total. The molecule has 1 aromatic heterocycles. The summed E-state index contributed by atoms with van der Waals surface area (Å²) in [4.78, 5) is 2.38. The number of anilines is 3. The van der Waals surface area contributed by atoms with Crippen LogP contribution in [0.5, 0.6) is 11.5 Å². The van der Waals surface area contributed by atoms with Crippen LogP contribution in [0.15, 0.2) is 188 Å². The largest absolute Gasteiger partial charge is 0.457 e. The van der Waals surface area contributed by atoms with Gasteiger partial charge in [0.05, 0.1) is 5.41 Å². The third-order valence-corrected chi connectivity index (χ3v) is 12.1. The molecule has 1 aliphatic carbocycles. The molecular weight excluding hydrogens is 651 g/mol. The summed E-state index contributed by atoms with van der Waals surface area (Å²) in [6.07, 6.45) is 0. The van der Waals surface area contributed by atoms with Gasteiger partial charge < -0.3 is 9.64 Å². The molecule has 3 heteroatoms. The quantitative estimate of drug-likeness (QED) is 0.183. The molecule has 0 radical (unpaired) electrons. The van der Waals surface area contributed by atoms with Gasteiger partial charge in [0.1, 0.15) is 11.5 Å². The molecule has 1 spiro atoms. The lowest BCUT2D eigenvalue weighted by Gasteiger charge is -2.39. The number of ether oxygens (including phenoxy) is 1. The molecule has 8 aromatic carbocycles. The SMILES string of the molecule is c1ccc(N(c2cccc(-c3ccc4c(c3)-c3ccccc3C43c4ccccc4Oc4ccccc43)c2)c2ccc3c(c2)sc2ccccc23)cc1. The van der Waals surface area contributed by atoms with E-state index in [2.05, 4.69) is 193 Å². The first-order valence-electron chi connectivity index (χ1n) is 17.8. The van der Waals surface area contributed by atoms with Gasteiger partial charge in [-0.15, -0.1) is 11.3 Å². The van der Waals surface area contributed by atoms with Crippen LogP contribution in [-0.4, -0.2) is 0 Å². The maximum absolute atomic E-state index is 6.53. The van der Waals surface area contributed by atoms with Gasteiger partial charge in [-0.1, -0.05) is 127 Å². The molecule has 244 valence electrons. The average molecular weight is 682 g/mol. The van der Waals surface area contributed by atoms with Gasteiger partial charge in [-0.05, 0) is 94.0 Å². The lowest BCUT2D eigenvalue weighted by atomic mass is 9.66. The van der Waals surface area contributed by atoms with Crippen LogP contribution in [0.3, 0.4) is 0 Å². The molecule has 0 fully saturated rings. The van der Waals surface area contributed by atoms with Crippen molar-refractivity contribution < 1.29 is 4.74 Å². The highest BCUT2D eigenvalue weighted by atomic mass is 32.1. The summed E-state index contributed by atoms with van der Waals surface area (Å²) in [5.41, 5.74) is 12.8. The minimum Gasteiger partial charge on any atom is -0.457 e. The summed E-state index contributed by atoms with van der Waals surface area (Å²) in [6, 6.07) is 68.3. The van der Waals surface area contributed by atoms with E-state index in [0.29, 0.717) is 0 Å². The molecule has 0 unspecified atom stereocenters. The molecule has 0 saturated heterocycles. The summed E-state index contributed by atoms with van der Waals surface area (Å²) in [5, 5.41) is 2.62. The van der Waals surface area contributed by atoms with Gasteiger partial charge in [-0.2, -0.15) is 0 Å². The van der Waals surface area contributed by atoms with E-state index in [1.807, 2.05) is 11.3 Å². The van der Waals surface area contributed by atoms with Crippen LogP contribution in [0.1, 0.15) is 22.3 Å². The van der Waals surface area contributed by atoms with Gasteiger partial charge in [0.25, 0.3) is 0 Å². The van der Waals surface area contributed by atoms with Gasteiger partial charge in [0.2, 0.25) is 0 Å². The molecule has 11 rings (SSSR count). The van der Waals surface area contributed by atoms with E-state index in [4.69, 9.17) is 4.74 Å². The zero-order valence-electron chi connectivity index (χ0n) is 28.2. The van der Waals surface area contributed by atoms with Crippen molar-refractivity contribution in [2.75, 3.05) is 4.90 Å². The van der Waals surface area contributed by atoms with E-state index < -0.39 is 5.41 Å². The fourth-order valence-corrected chi connectivity index (χ4v) is 9.88. The van der Waals surface area contributed by atoms with Gasteiger partial charge in [-0.25, -0.2) is 0 Å². The summed E-state index contributed by atoms with van der Waals surface area (Å²) in [7, 11) is 0.